The van der Waals surface area contributed by atoms with Gasteiger partial charge in [0.2, 0.25) is 5.91 Å². The van der Waals surface area contributed by atoms with Gasteiger partial charge in [-0.15, -0.1) is 0 Å². The molecule has 1 saturated heterocycles. The summed E-state index contributed by atoms with van der Waals surface area (Å²) in [4.78, 5) is 23.7. The van der Waals surface area contributed by atoms with Crippen molar-refractivity contribution in [2.75, 3.05) is 19.6 Å². The van der Waals surface area contributed by atoms with E-state index in [1.54, 1.807) is 4.90 Å². The van der Waals surface area contributed by atoms with Gasteiger partial charge in [-0.25, -0.2) is 0 Å². The highest BCUT2D eigenvalue weighted by molar-refractivity contribution is 5.80. The number of nitrogens with zero attached hydrogens (tertiary/aromatic N) is 1. The van der Waals surface area contributed by atoms with Crippen LogP contribution in [0.1, 0.15) is 19.8 Å². The summed E-state index contributed by atoms with van der Waals surface area (Å²) in [5.41, 5.74) is 0. The molecule has 1 aliphatic rings. The number of carboxylic acid groups (broad SMARTS) is 1. The van der Waals surface area contributed by atoms with Crippen molar-refractivity contribution in [1.29, 1.82) is 0 Å². The van der Waals surface area contributed by atoms with E-state index in [4.69, 9.17) is 5.11 Å². The lowest BCUT2D eigenvalue weighted by Gasteiger charge is -2.19. The van der Waals surface area contributed by atoms with Crippen molar-refractivity contribution in [2.45, 2.75) is 25.8 Å². The zero-order chi connectivity index (χ0) is 10.6. The monoisotopic (exact) mass is 200 g/mol. The fourth-order valence-corrected chi connectivity index (χ4v) is 1.73. The van der Waals surface area contributed by atoms with Gasteiger partial charge in [0.15, 0.2) is 0 Å². The van der Waals surface area contributed by atoms with Crippen molar-refractivity contribution in [3.8, 4) is 0 Å². The van der Waals surface area contributed by atoms with Crippen LogP contribution < -0.4 is 5.32 Å². The smallest absolute Gasteiger partial charge is 0.320 e. The van der Waals surface area contributed by atoms with Crippen LogP contribution >= 0.6 is 0 Å². The topological polar surface area (TPSA) is 69.6 Å². The fraction of sp³-hybridized carbons (Fsp3) is 0.778. The third-order valence-electron chi connectivity index (χ3n) is 2.37. The molecule has 1 atom stereocenters. The van der Waals surface area contributed by atoms with Gasteiger partial charge in [0.05, 0.1) is 6.54 Å². The summed E-state index contributed by atoms with van der Waals surface area (Å²) in [7, 11) is 0. The minimum Gasteiger partial charge on any atom is -0.480 e. The lowest BCUT2D eigenvalue weighted by Crippen LogP contribution is -2.42. The maximum absolute atomic E-state index is 11.2. The maximum Gasteiger partial charge on any atom is 0.320 e. The zero-order valence-electron chi connectivity index (χ0n) is 8.32. The van der Waals surface area contributed by atoms with E-state index in [2.05, 4.69) is 5.32 Å². The van der Waals surface area contributed by atoms with Gasteiger partial charge in [0.1, 0.15) is 6.04 Å². The van der Waals surface area contributed by atoms with Gasteiger partial charge in [0.25, 0.3) is 0 Å². The van der Waals surface area contributed by atoms with Crippen LogP contribution in [-0.2, 0) is 9.59 Å². The Labute approximate surface area is 83.1 Å². The molecule has 1 rings (SSSR count). The summed E-state index contributed by atoms with van der Waals surface area (Å²) in [6.07, 6.45) is 1.51. The minimum atomic E-state index is -0.827. The SMILES string of the molecule is CCNC(=O)CN1CCCC1C(=O)O. The first-order chi connectivity index (χ1) is 6.65. The summed E-state index contributed by atoms with van der Waals surface area (Å²) in [5.74, 6) is -0.924. The van der Waals surface area contributed by atoms with E-state index in [0.29, 0.717) is 19.5 Å². The fourth-order valence-electron chi connectivity index (χ4n) is 1.73. The number of nitrogens with one attached hydrogen (secondary N) is 1. The molecular formula is C9H16N2O3. The average Bonchev–Trinajstić information content (AvgIpc) is 2.52. The average molecular weight is 200 g/mol. The van der Waals surface area contributed by atoms with Gasteiger partial charge in [-0.2, -0.15) is 0 Å². The van der Waals surface area contributed by atoms with Gasteiger partial charge in [0, 0.05) is 6.54 Å². The Morgan fingerprint density at radius 3 is 2.86 bits per heavy atom. The molecule has 1 unspecified atom stereocenters. The molecule has 1 aliphatic heterocycles. The lowest BCUT2D eigenvalue weighted by molar-refractivity contribution is -0.142. The first kappa shape index (κ1) is 11.0. The predicted molar refractivity (Wildman–Crippen MR) is 50.9 cm³/mol. The van der Waals surface area contributed by atoms with Crippen LogP contribution in [0.3, 0.4) is 0 Å². The van der Waals surface area contributed by atoms with Crippen LogP contribution in [-0.4, -0.2) is 47.6 Å². The quantitative estimate of drug-likeness (QED) is 0.652. The molecule has 0 aromatic carbocycles. The van der Waals surface area contributed by atoms with Gasteiger partial charge in [-0.3, -0.25) is 14.5 Å². The first-order valence-corrected chi connectivity index (χ1v) is 4.88. The molecule has 2 N–H and O–H groups in total. The molecule has 80 valence electrons. The molecule has 0 saturated carbocycles. The van der Waals surface area contributed by atoms with Gasteiger partial charge < -0.3 is 10.4 Å². The Morgan fingerprint density at radius 1 is 1.57 bits per heavy atom. The molecule has 5 nitrogen and oxygen atoms in total. The number of hydrogen-bond donors (Lipinski definition) is 2. The number of hydrogen-bond acceptors (Lipinski definition) is 3. The number of likely N-dealkylation sites (N-methyl/N-ethyl adjacent to an activating group) is 1. The minimum absolute atomic E-state index is 0.0966. The predicted octanol–water partition coefficient (Wildman–Crippen LogP) is -0.328. The second-order valence-electron chi connectivity index (χ2n) is 3.42. The molecule has 14 heavy (non-hydrogen) atoms. The highest BCUT2D eigenvalue weighted by Gasteiger charge is 2.31. The molecule has 1 fully saturated rings. The van der Waals surface area contributed by atoms with Crippen molar-refractivity contribution in [2.24, 2.45) is 0 Å². The lowest BCUT2D eigenvalue weighted by atomic mass is 10.2. The van der Waals surface area contributed by atoms with Crippen LogP contribution in [0.4, 0.5) is 0 Å². The van der Waals surface area contributed by atoms with Crippen molar-refractivity contribution in [3.63, 3.8) is 0 Å². The summed E-state index contributed by atoms with van der Waals surface area (Å²) in [6.45, 7) is 3.33. The van der Waals surface area contributed by atoms with Gasteiger partial charge in [-0.05, 0) is 26.3 Å². The Bertz CT molecular complexity index is 230. The van der Waals surface area contributed by atoms with E-state index in [-0.39, 0.29) is 12.5 Å². The Morgan fingerprint density at radius 2 is 2.29 bits per heavy atom. The van der Waals surface area contributed by atoms with Crippen LogP contribution in [0.2, 0.25) is 0 Å². The number of likely N-dealkylation sites (tertiary alicyclic amines) is 1. The van der Waals surface area contributed by atoms with E-state index in [0.717, 1.165) is 6.42 Å². The Kier molecular flexibility index (Phi) is 3.88. The molecule has 0 aliphatic carbocycles. The maximum atomic E-state index is 11.2. The van der Waals surface area contributed by atoms with E-state index in [1.807, 2.05) is 6.92 Å². The number of aliphatic carboxylic acids is 1. The van der Waals surface area contributed by atoms with Crippen molar-refractivity contribution >= 4 is 11.9 Å². The summed E-state index contributed by atoms with van der Waals surface area (Å²) in [5, 5.41) is 11.5. The van der Waals surface area contributed by atoms with Crippen molar-refractivity contribution in [1.82, 2.24) is 10.2 Å². The second-order valence-corrected chi connectivity index (χ2v) is 3.42. The standard InChI is InChI=1S/C9H16N2O3/c1-2-10-8(12)6-11-5-3-4-7(11)9(13)14/h7H,2-6H2,1H3,(H,10,12)(H,13,14). The molecule has 0 aromatic rings. The van der Waals surface area contributed by atoms with Crippen molar-refractivity contribution < 1.29 is 14.7 Å². The van der Waals surface area contributed by atoms with Crippen LogP contribution in [0, 0.1) is 0 Å². The molecule has 5 heteroatoms. The second kappa shape index (κ2) is 4.95. The molecule has 0 radical (unpaired) electrons. The van der Waals surface area contributed by atoms with E-state index < -0.39 is 12.0 Å². The highest BCUT2D eigenvalue weighted by Crippen LogP contribution is 2.16. The molecule has 1 heterocycles. The third-order valence-corrected chi connectivity index (χ3v) is 2.37. The van der Waals surface area contributed by atoms with Gasteiger partial charge in [-0.1, -0.05) is 0 Å². The van der Waals surface area contributed by atoms with E-state index in [1.165, 1.54) is 0 Å². The number of rotatable bonds is 4. The summed E-state index contributed by atoms with van der Waals surface area (Å²) >= 11 is 0. The number of amides is 1. The number of carbonyl (C=O) groups is 2. The van der Waals surface area contributed by atoms with E-state index >= 15 is 0 Å². The first-order valence-electron chi connectivity index (χ1n) is 4.88. The Hall–Kier alpha value is -1.10. The summed E-state index contributed by atoms with van der Waals surface area (Å²) < 4.78 is 0. The molecule has 0 aromatic heterocycles. The Balaban J connectivity index is 2.43. The number of carboxylic acids is 1. The van der Waals surface area contributed by atoms with Crippen molar-refractivity contribution in [3.05, 3.63) is 0 Å². The molecular weight excluding hydrogens is 184 g/mol. The van der Waals surface area contributed by atoms with E-state index in [9.17, 15) is 9.59 Å². The normalized spacial score (nSPS) is 22.2. The highest BCUT2D eigenvalue weighted by atomic mass is 16.4. The molecule has 0 spiro atoms. The largest absolute Gasteiger partial charge is 0.480 e. The third kappa shape index (κ3) is 2.70. The summed E-state index contributed by atoms with van der Waals surface area (Å²) in [6, 6.07) is -0.474. The van der Waals surface area contributed by atoms with Gasteiger partial charge >= 0.3 is 5.97 Å². The number of carbonyl (C=O) groups excluding carboxylic acids is 1. The molecule has 1 amide bonds. The van der Waals surface area contributed by atoms with Crippen LogP contribution in [0.5, 0.6) is 0 Å². The molecule has 0 bridgehead atoms. The van der Waals surface area contributed by atoms with Crippen LogP contribution in [0.25, 0.3) is 0 Å². The zero-order valence-corrected chi connectivity index (χ0v) is 8.32. The van der Waals surface area contributed by atoms with Crippen LogP contribution in [0.15, 0.2) is 0 Å².